The van der Waals surface area contributed by atoms with E-state index in [9.17, 15) is 19.5 Å². The lowest BCUT2D eigenvalue weighted by Crippen LogP contribution is -2.55. The number of carbonyl (C=O) groups is 3. The number of amides is 3. The van der Waals surface area contributed by atoms with Crippen LogP contribution in [-0.4, -0.2) is 51.1 Å². The second-order valence-electron chi connectivity index (χ2n) is 11.6. The van der Waals surface area contributed by atoms with Crippen LogP contribution in [0.3, 0.4) is 0 Å². The molecule has 37 heavy (non-hydrogen) atoms. The number of carbonyl (C=O) groups excluding carboxylic acids is 3. The number of nitrogens with zero attached hydrogens (tertiary/aromatic N) is 1. The number of phenolic OH excluding ortho intramolecular Hbond substituents is 1. The van der Waals surface area contributed by atoms with E-state index in [1.165, 1.54) is 12.1 Å². The molecular formula is C29H39N3O5. The molecule has 8 heteroatoms. The van der Waals surface area contributed by atoms with Crippen molar-refractivity contribution < 1.29 is 24.2 Å². The molecule has 1 saturated carbocycles. The van der Waals surface area contributed by atoms with Crippen molar-refractivity contribution in [1.82, 2.24) is 15.5 Å². The first kappa shape index (κ1) is 28.0. The average Bonchev–Trinajstić information content (AvgIpc) is 3.60. The third kappa shape index (κ3) is 8.51. The van der Waals surface area contributed by atoms with Gasteiger partial charge in [0.05, 0.1) is 0 Å². The molecule has 0 spiro atoms. The Balaban J connectivity index is 2.00. The monoisotopic (exact) mass is 509 g/mol. The van der Waals surface area contributed by atoms with E-state index >= 15 is 0 Å². The molecule has 0 aliphatic heterocycles. The lowest BCUT2D eigenvalue weighted by molar-refractivity contribution is -0.143. The zero-order chi connectivity index (χ0) is 27.4. The Morgan fingerprint density at radius 1 is 0.973 bits per heavy atom. The summed E-state index contributed by atoms with van der Waals surface area (Å²) in [5, 5.41) is 15.6. The summed E-state index contributed by atoms with van der Waals surface area (Å²) in [7, 11) is 0. The quantitative estimate of drug-likeness (QED) is 0.487. The molecule has 2 aromatic rings. The molecule has 0 bridgehead atoms. The molecule has 3 N–H and O–H groups in total. The molecule has 3 amide bonds. The van der Waals surface area contributed by atoms with E-state index in [0.29, 0.717) is 5.56 Å². The van der Waals surface area contributed by atoms with Crippen molar-refractivity contribution in [3.05, 3.63) is 65.7 Å². The average molecular weight is 510 g/mol. The van der Waals surface area contributed by atoms with Gasteiger partial charge in [-0.2, -0.15) is 0 Å². The standard InChI is InChI=1S/C29H39N3O5/c1-28(2,3)31-25(34)24(20-12-16-22(33)17-13-20)32(21-14-15-21)26(35)23(18-19-10-8-7-9-11-19)30-27(36)37-29(4,5)6/h7-13,16-17,21,23-24,33H,14-15,18H2,1-6H3,(H,30,36)(H,31,34). The van der Waals surface area contributed by atoms with Crippen LogP contribution in [-0.2, 0) is 20.7 Å². The van der Waals surface area contributed by atoms with Gasteiger partial charge >= 0.3 is 6.09 Å². The van der Waals surface area contributed by atoms with Gasteiger partial charge in [-0.05, 0) is 77.6 Å². The molecule has 0 aromatic heterocycles. The van der Waals surface area contributed by atoms with Gasteiger partial charge in [0.25, 0.3) is 0 Å². The SMILES string of the molecule is CC(C)(C)NC(=O)C(c1ccc(O)cc1)N(C(=O)C(Cc1ccccc1)NC(=O)OC(C)(C)C)C1CC1. The van der Waals surface area contributed by atoms with Crippen LogP contribution in [0.25, 0.3) is 0 Å². The fraction of sp³-hybridized carbons (Fsp3) is 0.483. The van der Waals surface area contributed by atoms with E-state index in [-0.39, 0.29) is 30.0 Å². The van der Waals surface area contributed by atoms with Gasteiger partial charge in [0, 0.05) is 18.0 Å². The van der Waals surface area contributed by atoms with Gasteiger partial charge in [-0.1, -0.05) is 42.5 Å². The van der Waals surface area contributed by atoms with Gasteiger partial charge < -0.3 is 25.4 Å². The van der Waals surface area contributed by atoms with Crippen molar-refractivity contribution >= 4 is 17.9 Å². The Kier molecular flexibility index (Phi) is 8.51. The van der Waals surface area contributed by atoms with Crippen molar-refractivity contribution in [2.24, 2.45) is 0 Å². The van der Waals surface area contributed by atoms with Gasteiger partial charge in [-0.3, -0.25) is 9.59 Å². The van der Waals surface area contributed by atoms with Gasteiger partial charge in [0.1, 0.15) is 23.4 Å². The minimum absolute atomic E-state index is 0.0663. The first-order chi connectivity index (χ1) is 17.2. The van der Waals surface area contributed by atoms with E-state index in [1.54, 1.807) is 37.8 Å². The van der Waals surface area contributed by atoms with Crippen molar-refractivity contribution in [2.45, 2.75) is 90.1 Å². The van der Waals surface area contributed by atoms with E-state index in [0.717, 1.165) is 18.4 Å². The number of aromatic hydroxyl groups is 1. The molecule has 2 unspecified atom stereocenters. The molecule has 2 atom stereocenters. The normalized spacial score (nSPS) is 15.3. The summed E-state index contributed by atoms with van der Waals surface area (Å²) in [4.78, 5) is 42.2. The molecule has 8 nitrogen and oxygen atoms in total. The maximum Gasteiger partial charge on any atom is 0.408 e. The van der Waals surface area contributed by atoms with Crippen LogP contribution in [0.1, 0.15) is 71.6 Å². The molecule has 0 heterocycles. The highest BCUT2D eigenvalue weighted by Crippen LogP contribution is 2.36. The Morgan fingerprint density at radius 2 is 1.57 bits per heavy atom. The van der Waals surface area contributed by atoms with Crippen LogP contribution in [0.4, 0.5) is 4.79 Å². The number of benzene rings is 2. The lowest BCUT2D eigenvalue weighted by Gasteiger charge is -2.36. The van der Waals surface area contributed by atoms with Gasteiger partial charge in [0.2, 0.25) is 11.8 Å². The minimum Gasteiger partial charge on any atom is -0.508 e. The Labute approximate surface area is 219 Å². The van der Waals surface area contributed by atoms with Crippen molar-refractivity contribution in [3.8, 4) is 5.75 Å². The molecule has 0 saturated heterocycles. The number of hydrogen-bond donors (Lipinski definition) is 3. The highest BCUT2D eigenvalue weighted by Gasteiger charge is 2.44. The summed E-state index contributed by atoms with van der Waals surface area (Å²) in [6.45, 7) is 10.9. The Morgan fingerprint density at radius 3 is 2.08 bits per heavy atom. The Hall–Kier alpha value is -3.55. The highest BCUT2D eigenvalue weighted by molar-refractivity contribution is 5.93. The summed E-state index contributed by atoms with van der Waals surface area (Å²) in [5.74, 6) is -0.620. The zero-order valence-corrected chi connectivity index (χ0v) is 22.6. The summed E-state index contributed by atoms with van der Waals surface area (Å²) in [6, 6.07) is 13.7. The molecule has 2 aromatic carbocycles. The topological polar surface area (TPSA) is 108 Å². The summed E-state index contributed by atoms with van der Waals surface area (Å²) >= 11 is 0. The molecule has 1 aliphatic carbocycles. The number of hydrogen-bond acceptors (Lipinski definition) is 5. The van der Waals surface area contributed by atoms with Crippen LogP contribution >= 0.6 is 0 Å². The summed E-state index contributed by atoms with van der Waals surface area (Å²) in [5.41, 5.74) is 0.188. The molecule has 0 radical (unpaired) electrons. The smallest absolute Gasteiger partial charge is 0.408 e. The first-order valence-corrected chi connectivity index (χ1v) is 12.7. The Bertz CT molecular complexity index is 1080. The van der Waals surface area contributed by atoms with Crippen LogP contribution in [0.2, 0.25) is 0 Å². The van der Waals surface area contributed by atoms with Crippen molar-refractivity contribution in [1.29, 1.82) is 0 Å². The predicted octanol–water partition coefficient (Wildman–Crippen LogP) is 4.48. The van der Waals surface area contributed by atoms with Gasteiger partial charge in [0.15, 0.2) is 0 Å². The molecular weight excluding hydrogens is 470 g/mol. The maximum atomic E-state index is 14.2. The number of phenols is 1. The molecule has 1 aliphatic rings. The predicted molar refractivity (Wildman–Crippen MR) is 142 cm³/mol. The van der Waals surface area contributed by atoms with E-state index in [4.69, 9.17) is 4.74 Å². The van der Waals surface area contributed by atoms with Crippen LogP contribution < -0.4 is 10.6 Å². The third-order valence-corrected chi connectivity index (χ3v) is 5.70. The second kappa shape index (κ2) is 11.2. The number of ether oxygens (including phenoxy) is 1. The zero-order valence-electron chi connectivity index (χ0n) is 22.6. The van der Waals surface area contributed by atoms with Crippen molar-refractivity contribution in [2.75, 3.05) is 0 Å². The molecule has 1 fully saturated rings. The van der Waals surface area contributed by atoms with Gasteiger partial charge in [-0.15, -0.1) is 0 Å². The second-order valence-corrected chi connectivity index (χ2v) is 11.6. The third-order valence-electron chi connectivity index (χ3n) is 5.70. The molecule has 200 valence electrons. The number of alkyl carbamates (subject to hydrolysis) is 1. The molecule has 3 rings (SSSR count). The highest BCUT2D eigenvalue weighted by atomic mass is 16.6. The van der Waals surface area contributed by atoms with Crippen LogP contribution in [0.15, 0.2) is 54.6 Å². The number of nitrogens with one attached hydrogen (secondary N) is 2. The first-order valence-electron chi connectivity index (χ1n) is 12.7. The summed E-state index contributed by atoms with van der Waals surface area (Å²) < 4.78 is 5.46. The fourth-order valence-electron chi connectivity index (χ4n) is 4.08. The fourth-order valence-corrected chi connectivity index (χ4v) is 4.08. The van der Waals surface area contributed by atoms with Crippen LogP contribution in [0, 0.1) is 0 Å². The van der Waals surface area contributed by atoms with Gasteiger partial charge in [-0.25, -0.2) is 4.79 Å². The van der Waals surface area contributed by atoms with E-state index < -0.39 is 29.3 Å². The summed E-state index contributed by atoms with van der Waals surface area (Å²) in [6.07, 6.45) is 1.06. The van der Waals surface area contributed by atoms with Crippen molar-refractivity contribution in [3.63, 3.8) is 0 Å². The van der Waals surface area contributed by atoms with E-state index in [2.05, 4.69) is 10.6 Å². The van der Waals surface area contributed by atoms with E-state index in [1.807, 2.05) is 51.1 Å². The maximum absolute atomic E-state index is 14.2. The largest absolute Gasteiger partial charge is 0.508 e. The lowest BCUT2D eigenvalue weighted by atomic mass is 9.98. The minimum atomic E-state index is -0.945. The number of rotatable bonds is 8. The van der Waals surface area contributed by atoms with Crippen LogP contribution in [0.5, 0.6) is 5.75 Å².